The molecular formula is C11H20N2. The summed E-state index contributed by atoms with van der Waals surface area (Å²) in [5, 5.41) is 3.27. The standard InChI is InChI=1S/C11H20N2/c1-4-10(2)12-9-11(3)13-7-5-6-8-13/h12H,2-9H2,1H3. The van der Waals surface area contributed by atoms with Gasteiger partial charge in [0.15, 0.2) is 0 Å². The highest BCUT2D eigenvalue weighted by molar-refractivity contribution is 5.02. The van der Waals surface area contributed by atoms with Gasteiger partial charge in [-0.15, -0.1) is 0 Å². The first kappa shape index (κ1) is 10.2. The number of hydrogen-bond donors (Lipinski definition) is 1. The van der Waals surface area contributed by atoms with Crippen molar-refractivity contribution in [1.29, 1.82) is 0 Å². The Morgan fingerprint density at radius 2 is 1.92 bits per heavy atom. The summed E-state index contributed by atoms with van der Waals surface area (Å²) in [5.74, 6) is 0. The van der Waals surface area contributed by atoms with Gasteiger partial charge < -0.3 is 10.2 Å². The Hall–Kier alpha value is -0.920. The van der Waals surface area contributed by atoms with Gasteiger partial charge in [0.05, 0.1) is 6.54 Å². The molecule has 2 heteroatoms. The lowest BCUT2D eigenvalue weighted by atomic mass is 10.3. The zero-order valence-corrected chi connectivity index (χ0v) is 8.60. The van der Waals surface area contributed by atoms with Crippen molar-refractivity contribution >= 4 is 0 Å². The van der Waals surface area contributed by atoms with Crippen LogP contribution in [0.4, 0.5) is 0 Å². The molecule has 2 nitrogen and oxygen atoms in total. The van der Waals surface area contributed by atoms with Gasteiger partial charge in [0.1, 0.15) is 0 Å². The second-order valence-electron chi connectivity index (χ2n) is 3.57. The number of hydrogen-bond acceptors (Lipinski definition) is 2. The van der Waals surface area contributed by atoms with E-state index in [0.717, 1.165) is 18.7 Å². The Labute approximate surface area is 81.3 Å². The maximum absolute atomic E-state index is 4.07. The van der Waals surface area contributed by atoms with Gasteiger partial charge in [0.25, 0.3) is 0 Å². The molecule has 0 aromatic rings. The molecular weight excluding hydrogens is 160 g/mol. The van der Waals surface area contributed by atoms with Gasteiger partial charge >= 0.3 is 0 Å². The van der Waals surface area contributed by atoms with Crippen LogP contribution in [0.5, 0.6) is 0 Å². The summed E-state index contributed by atoms with van der Waals surface area (Å²) in [6, 6.07) is 0. The smallest absolute Gasteiger partial charge is 0.0540 e. The van der Waals surface area contributed by atoms with Crippen molar-refractivity contribution in [2.75, 3.05) is 19.6 Å². The average Bonchev–Trinajstić information content (AvgIpc) is 2.66. The van der Waals surface area contributed by atoms with Gasteiger partial charge in [-0.2, -0.15) is 0 Å². The van der Waals surface area contributed by atoms with E-state index < -0.39 is 0 Å². The van der Waals surface area contributed by atoms with Gasteiger partial charge in [0, 0.05) is 24.5 Å². The van der Waals surface area contributed by atoms with Crippen molar-refractivity contribution in [3.05, 3.63) is 24.6 Å². The molecule has 1 N–H and O–H groups in total. The van der Waals surface area contributed by atoms with Crippen LogP contribution in [0.3, 0.4) is 0 Å². The van der Waals surface area contributed by atoms with Crippen molar-refractivity contribution in [2.45, 2.75) is 26.2 Å². The molecule has 1 fully saturated rings. The number of rotatable bonds is 5. The van der Waals surface area contributed by atoms with Crippen molar-refractivity contribution in [3.8, 4) is 0 Å². The van der Waals surface area contributed by atoms with E-state index in [0.29, 0.717) is 0 Å². The Morgan fingerprint density at radius 3 is 2.46 bits per heavy atom. The third-order valence-corrected chi connectivity index (χ3v) is 2.52. The molecule has 1 heterocycles. The Balaban J connectivity index is 2.20. The maximum atomic E-state index is 4.07. The third kappa shape index (κ3) is 3.13. The van der Waals surface area contributed by atoms with Gasteiger partial charge in [-0.05, 0) is 19.3 Å². The number of nitrogens with zero attached hydrogens (tertiary/aromatic N) is 1. The quantitative estimate of drug-likeness (QED) is 0.697. The lowest BCUT2D eigenvalue weighted by molar-refractivity contribution is 0.414. The van der Waals surface area contributed by atoms with E-state index in [4.69, 9.17) is 0 Å². The zero-order chi connectivity index (χ0) is 9.68. The fourth-order valence-electron chi connectivity index (χ4n) is 1.50. The summed E-state index contributed by atoms with van der Waals surface area (Å²) >= 11 is 0. The molecule has 0 aromatic carbocycles. The largest absolute Gasteiger partial charge is 0.383 e. The maximum Gasteiger partial charge on any atom is 0.0540 e. The lowest BCUT2D eigenvalue weighted by Crippen LogP contribution is -2.26. The molecule has 1 aliphatic rings. The molecule has 13 heavy (non-hydrogen) atoms. The van der Waals surface area contributed by atoms with Crippen molar-refractivity contribution in [2.24, 2.45) is 0 Å². The highest BCUT2D eigenvalue weighted by Crippen LogP contribution is 2.12. The van der Waals surface area contributed by atoms with E-state index in [2.05, 4.69) is 30.3 Å². The second kappa shape index (κ2) is 4.95. The molecule has 0 unspecified atom stereocenters. The molecule has 1 rings (SSSR count). The Morgan fingerprint density at radius 1 is 1.31 bits per heavy atom. The SMILES string of the molecule is C=C(CC)NCC(=C)N1CCCC1. The van der Waals surface area contributed by atoms with Crippen LogP contribution in [0.15, 0.2) is 24.6 Å². The fourth-order valence-corrected chi connectivity index (χ4v) is 1.50. The van der Waals surface area contributed by atoms with Crippen LogP contribution in [0.25, 0.3) is 0 Å². The van der Waals surface area contributed by atoms with Crippen LogP contribution in [0.2, 0.25) is 0 Å². The fraction of sp³-hybridized carbons (Fsp3) is 0.636. The van der Waals surface area contributed by atoms with E-state index in [9.17, 15) is 0 Å². The molecule has 0 bridgehead atoms. The first-order valence-electron chi connectivity index (χ1n) is 5.08. The monoisotopic (exact) mass is 180 g/mol. The summed E-state index contributed by atoms with van der Waals surface area (Å²) in [5.41, 5.74) is 2.30. The minimum atomic E-state index is 0.854. The van der Waals surface area contributed by atoms with Crippen molar-refractivity contribution < 1.29 is 0 Å². The van der Waals surface area contributed by atoms with E-state index in [1.807, 2.05) is 0 Å². The van der Waals surface area contributed by atoms with Crippen LogP contribution < -0.4 is 5.32 Å². The molecule has 0 aliphatic carbocycles. The lowest BCUT2D eigenvalue weighted by Gasteiger charge is -2.21. The zero-order valence-electron chi connectivity index (χ0n) is 8.60. The number of likely N-dealkylation sites (tertiary alicyclic amines) is 1. The Bertz CT molecular complexity index is 190. The van der Waals surface area contributed by atoms with Crippen LogP contribution in [-0.4, -0.2) is 24.5 Å². The number of allylic oxidation sites excluding steroid dienone is 1. The first-order valence-corrected chi connectivity index (χ1v) is 5.08. The van der Waals surface area contributed by atoms with Crippen LogP contribution in [-0.2, 0) is 0 Å². The molecule has 0 atom stereocenters. The molecule has 0 radical (unpaired) electrons. The van der Waals surface area contributed by atoms with Gasteiger partial charge in [0.2, 0.25) is 0 Å². The number of nitrogens with one attached hydrogen (secondary N) is 1. The van der Waals surface area contributed by atoms with E-state index in [1.54, 1.807) is 0 Å². The highest BCUT2D eigenvalue weighted by atomic mass is 15.2. The summed E-state index contributed by atoms with van der Waals surface area (Å²) in [6.45, 7) is 13.3. The topological polar surface area (TPSA) is 15.3 Å². The van der Waals surface area contributed by atoms with Crippen LogP contribution in [0.1, 0.15) is 26.2 Å². The van der Waals surface area contributed by atoms with Crippen molar-refractivity contribution in [1.82, 2.24) is 10.2 Å². The first-order chi connectivity index (χ1) is 6.24. The summed E-state index contributed by atoms with van der Waals surface area (Å²) in [6.07, 6.45) is 3.62. The average molecular weight is 180 g/mol. The minimum absolute atomic E-state index is 0.854. The van der Waals surface area contributed by atoms with Crippen molar-refractivity contribution in [3.63, 3.8) is 0 Å². The van der Waals surface area contributed by atoms with Gasteiger partial charge in [-0.25, -0.2) is 0 Å². The minimum Gasteiger partial charge on any atom is -0.383 e. The van der Waals surface area contributed by atoms with E-state index >= 15 is 0 Å². The molecule has 0 spiro atoms. The molecule has 0 saturated carbocycles. The van der Waals surface area contributed by atoms with Crippen LogP contribution in [0, 0.1) is 0 Å². The molecule has 0 aromatic heterocycles. The second-order valence-corrected chi connectivity index (χ2v) is 3.57. The predicted molar refractivity (Wildman–Crippen MR) is 57.4 cm³/mol. The van der Waals surface area contributed by atoms with Gasteiger partial charge in [-0.3, -0.25) is 0 Å². The van der Waals surface area contributed by atoms with E-state index in [-0.39, 0.29) is 0 Å². The molecule has 74 valence electrons. The summed E-state index contributed by atoms with van der Waals surface area (Å²) in [7, 11) is 0. The van der Waals surface area contributed by atoms with Gasteiger partial charge in [-0.1, -0.05) is 20.1 Å². The molecule has 1 saturated heterocycles. The molecule has 0 amide bonds. The molecule has 1 aliphatic heterocycles. The summed E-state index contributed by atoms with van der Waals surface area (Å²) < 4.78 is 0. The van der Waals surface area contributed by atoms with Crippen LogP contribution >= 0.6 is 0 Å². The Kier molecular flexibility index (Phi) is 3.87. The van der Waals surface area contributed by atoms with E-state index in [1.165, 1.54) is 31.6 Å². The third-order valence-electron chi connectivity index (χ3n) is 2.52. The normalized spacial score (nSPS) is 15.9. The summed E-state index contributed by atoms with van der Waals surface area (Å²) in [4.78, 5) is 2.36. The predicted octanol–water partition coefficient (Wildman–Crippen LogP) is 2.11. The highest BCUT2D eigenvalue weighted by Gasteiger charge is 2.12.